The molecule has 1 heterocycles. The fourth-order valence-electron chi connectivity index (χ4n) is 0.839. The first kappa shape index (κ1) is 8.21. The molecule has 0 N–H and O–H groups in total. The van der Waals surface area contributed by atoms with Crippen molar-refractivity contribution in [1.29, 1.82) is 0 Å². The van der Waals surface area contributed by atoms with Crippen molar-refractivity contribution < 1.29 is 4.79 Å². The van der Waals surface area contributed by atoms with Gasteiger partial charge in [-0.05, 0) is 13.0 Å². The molecule has 0 unspecified atom stereocenters. The highest BCUT2D eigenvalue weighted by molar-refractivity contribution is 7.10. The van der Waals surface area contributed by atoms with Gasteiger partial charge in [-0.2, -0.15) is 0 Å². The number of ketones is 1. The highest BCUT2D eigenvalue weighted by atomic mass is 32.1. The second kappa shape index (κ2) is 3.49. The van der Waals surface area contributed by atoms with Crippen LogP contribution in [0.4, 0.5) is 0 Å². The summed E-state index contributed by atoms with van der Waals surface area (Å²) >= 11 is 1.60. The molecule has 0 spiro atoms. The van der Waals surface area contributed by atoms with E-state index in [4.69, 9.17) is 0 Å². The minimum atomic E-state index is 0.157. The molecule has 1 aromatic heterocycles. The van der Waals surface area contributed by atoms with Crippen LogP contribution in [0.5, 0.6) is 0 Å². The number of allylic oxidation sites excluding steroid dienone is 1. The van der Waals surface area contributed by atoms with Gasteiger partial charge in [0.25, 0.3) is 0 Å². The third-order valence-corrected chi connectivity index (χ3v) is 2.24. The Bertz CT molecular complexity index is 273. The van der Waals surface area contributed by atoms with Crippen LogP contribution in [0.15, 0.2) is 24.1 Å². The van der Waals surface area contributed by atoms with Crippen LogP contribution in [0, 0.1) is 6.92 Å². The van der Waals surface area contributed by atoms with Crippen LogP contribution in [0.25, 0.3) is 0 Å². The minimum Gasteiger partial charge on any atom is -0.294 e. The fourth-order valence-corrected chi connectivity index (χ4v) is 1.55. The summed E-state index contributed by atoms with van der Waals surface area (Å²) in [6.07, 6.45) is 2.07. The number of aryl methyl sites for hydroxylation is 1. The highest BCUT2D eigenvalue weighted by Crippen LogP contribution is 2.14. The molecule has 1 rings (SSSR count). The van der Waals surface area contributed by atoms with Gasteiger partial charge in [-0.15, -0.1) is 17.9 Å². The lowest BCUT2D eigenvalue weighted by Crippen LogP contribution is -1.93. The quantitative estimate of drug-likeness (QED) is 0.498. The Morgan fingerprint density at radius 3 is 3.00 bits per heavy atom. The second-order valence-electron chi connectivity index (χ2n) is 2.36. The smallest absolute Gasteiger partial charge is 0.167 e. The molecule has 0 aliphatic carbocycles. The Labute approximate surface area is 70.4 Å². The van der Waals surface area contributed by atoms with E-state index in [2.05, 4.69) is 6.58 Å². The van der Waals surface area contributed by atoms with Gasteiger partial charge in [-0.1, -0.05) is 6.08 Å². The summed E-state index contributed by atoms with van der Waals surface area (Å²) < 4.78 is 0. The van der Waals surface area contributed by atoms with E-state index in [1.807, 2.05) is 18.4 Å². The zero-order valence-corrected chi connectivity index (χ0v) is 7.28. The fraction of sp³-hybridized carbons (Fsp3) is 0.222. The lowest BCUT2D eigenvalue weighted by atomic mass is 10.1. The molecule has 1 nitrogen and oxygen atoms in total. The van der Waals surface area contributed by atoms with Gasteiger partial charge in [0.05, 0.1) is 0 Å². The number of hydrogen-bond acceptors (Lipinski definition) is 2. The van der Waals surface area contributed by atoms with E-state index >= 15 is 0 Å². The van der Waals surface area contributed by atoms with Crippen LogP contribution in [0.1, 0.15) is 21.7 Å². The summed E-state index contributed by atoms with van der Waals surface area (Å²) in [6, 6.07) is 1.91. The van der Waals surface area contributed by atoms with E-state index in [9.17, 15) is 4.79 Å². The highest BCUT2D eigenvalue weighted by Gasteiger charge is 2.03. The molecular weight excluding hydrogens is 156 g/mol. The first-order valence-electron chi connectivity index (χ1n) is 3.43. The third kappa shape index (κ3) is 2.02. The number of carbonyl (C=O) groups is 1. The summed E-state index contributed by atoms with van der Waals surface area (Å²) in [4.78, 5) is 12.4. The van der Waals surface area contributed by atoms with Crippen LogP contribution in [-0.2, 0) is 0 Å². The maximum absolute atomic E-state index is 11.2. The van der Waals surface area contributed by atoms with E-state index in [-0.39, 0.29) is 5.78 Å². The molecule has 1 aromatic rings. The maximum atomic E-state index is 11.2. The number of thiophene rings is 1. The second-order valence-corrected chi connectivity index (χ2v) is 3.48. The SMILES string of the molecule is C=CCC(=O)c1csc(C)c1. The molecule has 0 saturated heterocycles. The summed E-state index contributed by atoms with van der Waals surface area (Å²) in [7, 11) is 0. The van der Waals surface area contributed by atoms with Crippen molar-refractivity contribution in [3.8, 4) is 0 Å². The van der Waals surface area contributed by atoms with E-state index in [0.717, 1.165) is 5.56 Å². The lowest BCUT2D eigenvalue weighted by molar-refractivity contribution is 0.0996. The van der Waals surface area contributed by atoms with E-state index < -0.39 is 0 Å². The van der Waals surface area contributed by atoms with Gasteiger partial charge in [0.1, 0.15) is 0 Å². The monoisotopic (exact) mass is 166 g/mol. The summed E-state index contributed by atoms with van der Waals surface area (Å²) in [6.45, 7) is 5.51. The maximum Gasteiger partial charge on any atom is 0.167 e. The Hall–Kier alpha value is -0.890. The molecular formula is C9H10OS. The van der Waals surface area contributed by atoms with Crippen molar-refractivity contribution in [1.82, 2.24) is 0 Å². The zero-order chi connectivity index (χ0) is 8.27. The van der Waals surface area contributed by atoms with E-state index in [1.54, 1.807) is 17.4 Å². The molecule has 0 aliphatic rings. The topological polar surface area (TPSA) is 17.1 Å². The van der Waals surface area contributed by atoms with E-state index in [1.165, 1.54) is 4.88 Å². The molecule has 0 amide bonds. The minimum absolute atomic E-state index is 0.157. The molecule has 0 fully saturated rings. The van der Waals surface area contributed by atoms with Crippen LogP contribution in [0.3, 0.4) is 0 Å². The Kier molecular flexibility index (Phi) is 2.60. The molecule has 2 heteroatoms. The average Bonchev–Trinajstić information content (AvgIpc) is 2.36. The van der Waals surface area contributed by atoms with Crippen molar-refractivity contribution in [3.05, 3.63) is 34.5 Å². The number of carbonyl (C=O) groups excluding carboxylic acids is 1. The van der Waals surface area contributed by atoms with Gasteiger partial charge < -0.3 is 0 Å². The molecule has 0 saturated carbocycles. The van der Waals surface area contributed by atoms with Gasteiger partial charge in [0, 0.05) is 22.2 Å². The molecule has 0 bridgehead atoms. The van der Waals surface area contributed by atoms with Gasteiger partial charge in [-0.25, -0.2) is 0 Å². The van der Waals surface area contributed by atoms with Crippen LogP contribution >= 0.6 is 11.3 Å². The summed E-state index contributed by atoms with van der Waals surface area (Å²) in [5.41, 5.74) is 0.812. The lowest BCUT2D eigenvalue weighted by Gasteiger charge is -1.88. The average molecular weight is 166 g/mol. The van der Waals surface area contributed by atoms with Crippen molar-refractivity contribution in [2.24, 2.45) is 0 Å². The Morgan fingerprint density at radius 1 is 1.82 bits per heavy atom. The number of hydrogen-bond donors (Lipinski definition) is 0. The van der Waals surface area contributed by atoms with Crippen LogP contribution in [-0.4, -0.2) is 5.78 Å². The first-order valence-corrected chi connectivity index (χ1v) is 4.31. The summed E-state index contributed by atoms with van der Waals surface area (Å²) in [5.74, 6) is 0.157. The normalized spacial score (nSPS) is 9.55. The molecule has 0 atom stereocenters. The van der Waals surface area contributed by atoms with Gasteiger partial charge >= 0.3 is 0 Å². The zero-order valence-electron chi connectivity index (χ0n) is 6.46. The van der Waals surface area contributed by atoms with Gasteiger partial charge in [0.2, 0.25) is 0 Å². The van der Waals surface area contributed by atoms with Crippen LogP contribution < -0.4 is 0 Å². The molecule has 0 radical (unpaired) electrons. The number of Topliss-reactive ketones (excluding diaryl/α,β-unsaturated/α-hetero) is 1. The van der Waals surface area contributed by atoms with E-state index in [0.29, 0.717) is 6.42 Å². The predicted molar refractivity (Wildman–Crippen MR) is 48.2 cm³/mol. The molecule has 11 heavy (non-hydrogen) atoms. The van der Waals surface area contributed by atoms with Gasteiger partial charge in [-0.3, -0.25) is 4.79 Å². The third-order valence-electron chi connectivity index (χ3n) is 1.38. The molecule has 0 aliphatic heterocycles. The van der Waals surface area contributed by atoms with Gasteiger partial charge in [0.15, 0.2) is 5.78 Å². The molecule has 58 valence electrons. The first-order chi connectivity index (χ1) is 5.24. The van der Waals surface area contributed by atoms with Crippen LogP contribution in [0.2, 0.25) is 0 Å². The van der Waals surface area contributed by atoms with Crippen molar-refractivity contribution in [2.75, 3.05) is 0 Å². The Balaban J connectivity index is 2.76. The van der Waals surface area contributed by atoms with Crippen molar-refractivity contribution in [2.45, 2.75) is 13.3 Å². The van der Waals surface area contributed by atoms with Crippen molar-refractivity contribution in [3.63, 3.8) is 0 Å². The largest absolute Gasteiger partial charge is 0.294 e. The number of rotatable bonds is 3. The molecule has 0 aromatic carbocycles. The van der Waals surface area contributed by atoms with Crippen molar-refractivity contribution >= 4 is 17.1 Å². The standard InChI is InChI=1S/C9H10OS/c1-3-4-9(10)8-5-7(2)11-6-8/h3,5-6H,1,4H2,2H3. The Morgan fingerprint density at radius 2 is 2.55 bits per heavy atom. The predicted octanol–water partition coefficient (Wildman–Crippen LogP) is 2.82. The summed E-state index contributed by atoms with van der Waals surface area (Å²) in [5, 5.41) is 1.89.